The highest BCUT2D eigenvalue weighted by Crippen LogP contribution is 2.26. The second-order valence-corrected chi connectivity index (χ2v) is 10.3. The van der Waals surface area contributed by atoms with Crippen molar-refractivity contribution in [1.82, 2.24) is 14.6 Å². The van der Waals surface area contributed by atoms with Crippen molar-refractivity contribution < 1.29 is 8.42 Å². The van der Waals surface area contributed by atoms with Crippen LogP contribution in [0.4, 0.5) is 11.5 Å². The molecule has 0 saturated heterocycles. The number of nitrogens with one attached hydrogen (secondary N) is 2. The Labute approximate surface area is 206 Å². The smallest absolute Gasteiger partial charge is 0.232 e. The molecule has 0 aliphatic carbocycles. The van der Waals surface area contributed by atoms with Crippen molar-refractivity contribution in [1.29, 1.82) is 0 Å². The number of anilines is 2. The maximum absolute atomic E-state index is 12.1. The third-order valence-electron chi connectivity index (χ3n) is 4.84. The van der Waals surface area contributed by atoms with Crippen molar-refractivity contribution in [3.05, 3.63) is 76.4 Å². The zero-order valence-electron chi connectivity index (χ0n) is 17.3. The lowest BCUT2D eigenvalue weighted by atomic mass is 10.1. The van der Waals surface area contributed by atoms with E-state index < -0.39 is 10.0 Å². The predicted molar refractivity (Wildman–Crippen MR) is 135 cm³/mol. The molecule has 0 fully saturated rings. The van der Waals surface area contributed by atoms with Gasteiger partial charge in [0, 0.05) is 45.9 Å². The van der Waals surface area contributed by atoms with Crippen LogP contribution in [0, 0.1) is 0 Å². The molecule has 0 amide bonds. The van der Waals surface area contributed by atoms with E-state index in [0.717, 1.165) is 16.9 Å². The summed E-state index contributed by atoms with van der Waals surface area (Å²) in [6, 6.07) is 16.1. The van der Waals surface area contributed by atoms with E-state index in [9.17, 15) is 8.42 Å². The second-order valence-electron chi connectivity index (χ2n) is 7.26. The zero-order chi connectivity index (χ0) is 23.4. The summed E-state index contributed by atoms with van der Waals surface area (Å²) in [6.07, 6.45) is 2.06. The van der Waals surface area contributed by atoms with E-state index in [2.05, 4.69) is 20.1 Å². The van der Waals surface area contributed by atoms with E-state index in [1.54, 1.807) is 35.0 Å². The van der Waals surface area contributed by atoms with Crippen molar-refractivity contribution in [2.75, 3.05) is 21.7 Å². The van der Waals surface area contributed by atoms with Crippen LogP contribution in [0.2, 0.25) is 10.0 Å². The minimum absolute atomic E-state index is 0.0235. The van der Waals surface area contributed by atoms with Gasteiger partial charge in [0.15, 0.2) is 5.65 Å². The van der Waals surface area contributed by atoms with Crippen molar-refractivity contribution in [2.45, 2.75) is 13.0 Å². The van der Waals surface area contributed by atoms with Gasteiger partial charge < -0.3 is 5.32 Å². The van der Waals surface area contributed by atoms with Crippen LogP contribution >= 0.6 is 34.8 Å². The molecular formula is C22H20Cl3N5O2S. The first-order chi connectivity index (χ1) is 15.8. The van der Waals surface area contributed by atoms with Crippen LogP contribution in [-0.4, -0.2) is 34.6 Å². The van der Waals surface area contributed by atoms with Gasteiger partial charge in [0.25, 0.3) is 0 Å². The lowest BCUT2D eigenvalue weighted by Gasteiger charge is -2.12. The molecule has 0 aliphatic rings. The Balaban J connectivity index is 1.57. The van der Waals surface area contributed by atoms with Gasteiger partial charge in [-0.2, -0.15) is 9.61 Å². The molecule has 33 heavy (non-hydrogen) atoms. The van der Waals surface area contributed by atoms with E-state index in [4.69, 9.17) is 34.8 Å². The number of rotatable bonds is 9. The zero-order valence-corrected chi connectivity index (χ0v) is 20.4. The van der Waals surface area contributed by atoms with Gasteiger partial charge in [-0.3, -0.25) is 4.72 Å². The van der Waals surface area contributed by atoms with Gasteiger partial charge in [0.1, 0.15) is 5.82 Å². The molecule has 2 aromatic carbocycles. The number of hydrogen-bond donors (Lipinski definition) is 2. The summed E-state index contributed by atoms with van der Waals surface area (Å²) in [4.78, 5) is 4.66. The van der Waals surface area contributed by atoms with Gasteiger partial charge in [-0.25, -0.2) is 13.4 Å². The molecule has 2 N–H and O–H groups in total. The largest absolute Gasteiger partial charge is 0.366 e. The molecule has 2 aromatic heterocycles. The Bertz CT molecular complexity index is 1370. The number of halogens is 3. The highest BCUT2D eigenvalue weighted by Gasteiger charge is 2.12. The van der Waals surface area contributed by atoms with Crippen LogP contribution in [-0.2, 0) is 16.6 Å². The number of benzene rings is 2. The quantitative estimate of drug-likeness (QED) is 0.275. The van der Waals surface area contributed by atoms with Crippen LogP contribution in [0.3, 0.4) is 0 Å². The van der Waals surface area contributed by atoms with Crippen LogP contribution in [0.15, 0.2) is 60.8 Å². The van der Waals surface area contributed by atoms with Crippen molar-refractivity contribution in [2.24, 2.45) is 0 Å². The summed E-state index contributed by atoms with van der Waals surface area (Å²) in [5.41, 5.74) is 3.59. The van der Waals surface area contributed by atoms with Gasteiger partial charge in [-0.1, -0.05) is 41.4 Å². The highest BCUT2D eigenvalue weighted by atomic mass is 35.5. The molecule has 0 atom stereocenters. The molecule has 4 rings (SSSR count). The Kier molecular flexibility index (Phi) is 7.29. The molecule has 172 valence electrons. The number of alkyl halides is 1. The van der Waals surface area contributed by atoms with Gasteiger partial charge in [-0.15, -0.1) is 11.6 Å². The van der Waals surface area contributed by atoms with E-state index in [1.807, 2.05) is 30.3 Å². The maximum Gasteiger partial charge on any atom is 0.232 e. The number of hydrogen-bond acceptors (Lipinski definition) is 5. The molecule has 0 unspecified atom stereocenters. The maximum atomic E-state index is 12.1. The minimum atomic E-state index is -3.43. The van der Waals surface area contributed by atoms with Gasteiger partial charge >= 0.3 is 0 Å². The van der Waals surface area contributed by atoms with Crippen molar-refractivity contribution in [3.8, 4) is 11.3 Å². The Morgan fingerprint density at radius 1 is 1.00 bits per heavy atom. The fraction of sp³-hybridized carbons (Fsp3) is 0.182. The fourth-order valence-electron chi connectivity index (χ4n) is 3.22. The van der Waals surface area contributed by atoms with E-state index >= 15 is 0 Å². The average molecular weight is 525 g/mol. The topological polar surface area (TPSA) is 88.4 Å². The predicted octanol–water partition coefficient (Wildman–Crippen LogP) is 5.69. The molecule has 2 heterocycles. The summed E-state index contributed by atoms with van der Waals surface area (Å²) in [7, 11) is -3.43. The Morgan fingerprint density at radius 2 is 1.79 bits per heavy atom. The van der Waals surface area contributed by atoms with Crippen molar-refractivity contribution in [3.63, 3.8) is 0 Å². The number of fused-ring (bicyclic) bond motifs is 1. The summed E-state index contributed by atoms with van der Waals surface area (Å²) >= 11 is 17.9. The monoisotopic (exact) mass is 523 g/mol. The Morgan fingerprint density at radius 3 is 2.52 bits per heavy atom. The van der Waals surface area contributed by atoms with Gasteiger partial charge in [0.05, 0.1) is 17.6 Å². The second kappa shape index (κ2) is 10.2. The summed E-state index contributed by atoms with van der Waals surface area (Å²) in [5, 5.41) is 8.84. The van der Waals surface area contributed by atoms with E-state index in [1.165, 1.54) is 0 Å². The summed E-state index contributed by atoms with van der Waals surface area (Å²) in [5.74, 6) is 1.00. The molecule has 4 aromatic rings. The van der Waals surface area contributed by atoms with Crippen LogP contribution in [0.1, 0.15) is 12.0 Å². The van der Waals surface area contributed by atoms with Crippen LogP contribution in [0.5, 0.6) is 0 Å². The molecule has 0 radical (unpaired) electrons. The van der Waals surface area contributed by atoms with E-state index in [-0.39, 0.29) is 5.75 Å². The average Bonchev–Trinajstić information content (AvgIpc) is 3.26. The van der Waals surface area contributed by atoms with Gasteiger partial charge in [0.2, 0.25) is 10.0 Å². The number of nitrogens with zero attached hydrogens (tertiary/aromatic N) is 3. The SMILES string of the molecule is O=S(=O)(CCCCl)Nc1ccc(-c2cc(NCc3ccc(Cl)cc3Cl)n3nccc3n2)cc1. The molecule has 11 heteroatoms. The first kappa shape index (κ1) is 23.6. The minimum Gasteiger partial charge on any atom is -0.366 e. The molecular weight excluding hydrogens is 505 g/mol. The molecule has 0 spiro atoms. The van der Waals surface area contributed by atoms with Crippen LogP contribution < -0.4 is 10.0 Å². The lowest BCUT2D eigenvalue weighted by Crippen LogP contribution is -2.16. The first-order valence-corrected chi connectivity index (χ1v) is 13.0. The Hall–Kier alpha value is -2.52. The lowest BCUT2D eigenvalue weighted by molar-refractivity contribution is 0.600. The first-order valence-electron chi connectivity index (χ1n) is 10.0. The number of sulfonamides is 1. The van der Waals surface area contributed by atoms with Crippen molar-refractivity contribution >= 4 is 62.0 Å². The highest BCUT2D eigenvalue weighted by molar-refractivity contribution is 7.92. The number of aromatic nitrogens is 3. The van der Waals surface area contributed by atoms with E-state index in [0.29, 0.717) is 45.9 Å². The third kappa shape index (κ3) is 5.89. The van der Waals surface area contributed by atoms with Gasteiger partial charge in [-0.05, 0) is 36.2 Å². The summed E-state index contributed by atoms with van der Waals surface area (Å²) in [6.45, 7) is 0.470. The molecule has 7 nitrogen and oxygen atoms in total. The molecule has 0 saturated carbocycles. The molecule has 0 bridgehead atoms. The summed E-state index contributed by atoms with van der Waals surface area (Å²) < 4.78 is 28.4. The third-order valence-corrected chi connectivity index (χ3v) is 7.06. The van der Waals surface area contributed by atoms with Crippen LogP contribution in [0.25, 0.3) is 16.9 Å². The molecule has 0 aliphatic heterocycles. The normalized spacial score (nSPS) is 11.6. The standard InChI is InChI=1S/C22H20Cl3N5O2S/c23-9-1-11-33(31,32)29-18-6-3-15(4-7-18)20-13-22(30-21(28-20)8-10-27-30)26-14-16-2-5-17(24)12-19(16)25/h2-8,10,12-13,26,29H,1,9,11,14H2. The fourth-order valence-corrected chi connectivity index (χ4v) is 5.11.